The van der Waals surface area contributed by atoms with Crippen LogP contribution in [0, 0.1) is 33.6 Å². The van der Waals surface area contributed by atoms with Crippen molar-refractivity contribution in [3.05, 3.63) is 64.2 Å². The molecular weight excluding hydrogens is 378 g/mol. The Labute approximate surface area is 178 Å². The summed E-state index contributed by atoms with van der Waals surface area (Å²) in [7, 11) is 0. The highest BCUT2D eigenvalue weighted by Gasteiger charge is 2.25. The number of amides is 3. The average molecular weight is 410 g/mol. The molecule has 0 fully saturated rings. The number of carbonyl (C=O) groups is 3. The van der Waals surface area contributed by atoms with Crippen molar-refractivity contribution >= 4 is 23.4 Å². The zero-order valence-corrected chi connectivity index (χ0v) is 18.6. The van der Waals surface area contributed by atoms with Crippen molar-refractivity contribution in [3.63, 3.8) is 0 Å². The first kappa shape index (κ1) is 23.1. The third kappa shape index (κ3) is 5.92. The van der Waals surface area contributed by atoms with E-state index >= 15 is 0 Å². The van der Waals surface area contributed by atoms with Gasteiger partial charge in [0.25, 0.3) is 5.91 Å². The highest BCUT2D eigenvalue weighted by Crippen LogP contribution is 2.21. The van der Waals surface area contributed by atoms with Gasteiger partial charge in [-0.05, 0) is 56.4 Å². The Bertz CT molecular complexity index is 927. The molecule has 0 radical (unpaired) electrons. The maximum Gasteiger partial charge on any atom is 0.252 e. The van der Waals surface area contributed by atoms with Crippen LogP contribution >= 0.6 is 0 Å². The fourth-order valence-electron chi connectivity index (χ4n) is 3.42. The van der Waals surface area contributed by atoms with Gasteiger partial charge in [0.05, 0.1) is 6.54 Å². The lowest BCUT2D eigenvalue weighted by Gasteiger charge is -2.22. The van der Waals surface area contributed by atoms with E-state index in [0.29, 0.717) is 5.56 Å². The molecule has 0 heterocycles. The highest BCUT2D eigenvalue weighted by molar-refractivity contribution is 6.00. The fraction of sp³-hybridized carbons (Fsp3) is 0.375. The van der Waals surface area contributed by atoms with Gasteiger partial charge in [-0.15, -0.1) is 0 Å². The van der Waals surface area contributed by atoms with Crippen molar-refractivity contribution in [1.29, 1.82) is 0 Å². The summed E-state index contributed by atoms with van der Waals surface area (Å²) in [5, 5.41) is 8.29. The Hall–Kier alpha value is -3.15. The number of aryl methyl sites for hydroxylation is 4. The van der Waals surface area contributed by atoms with Crippen molar-refractivity contribution in [2.24, 2.45) is 5.92 Å². The van der Waals surface area contributed by atoms with E-state index in [9.17, 15) is 14.4 Å². The van der Waals surface area contributed by atoms with Crippen LogP contribution in [0.25, 0.3) is 0 Å². The molecule has 2 aromatic carbocycles. The van der Waals surface area contributed by atoms with Crippen molar-refractivity contribution < 1.29 is 14.4 Å². The third-order valence-corrected chi connectivity index (χ3v) is 4.99. The number of nitrogens with one attached hydrogen (secondary N) is 3. The summed E-state index contributed by atoms with van der Waals surface area (Å²) < 4.78 is 0. The molecule has 0 saturated carbocycles. The van der Waals surface area contributed by atoms with E-state index in [1.807, 2.05) is 65.8 Å². The molecule has 0 aliphatic heterocycles. The third-order valence-electron chi connectivity index (χ3n) is 4.99. The fourth-order valence-corrected chi connectivity index (χ4v) is 3.42. The second-order valence-electron chi connectivity index (χ2n) is 8.05. The topological polar surface area (TPSA) is 87.3 Å². The van der Waals surface area contributed by atoms with E-state index in [2.05, 4.69) is 16.0 Å². The Balaban J connectivity index is 1.99. The van der Waals surface area contributed by atoms with Gasteiger partial charge in [-0.2, -0.15) is 0 Å². The molecule has 0 aliphatic carbocycles. The lowest BCUT2D eigenvalue weighted by Crippen LogP contribution is -2.51. The van der Waals surface area contributed by atoms with Gasteiger partial charge in [-0.25, -0.2) is 0 Å². The predicted octanol–water partition coefficient (Wildman–Crippen LogP) is 3.43. The van der Waals surface area contributed by atoms with Gasteiger partial charge in [-0.1, -0.05) is 49.7 Å². The number of hydrogen-bond donors (Lipinski definition) is 3. The minimum Gasteiger partial charge on any atom is -0.345 e. The highest BCUT2D eigenvalue weighted by atomic mass is 16.2. The quantitative estimate of drug-likeness (QED) is 0.655. The maximum atomic E-state index is 12.7. The summed E-state index contributed by atoms with van der Waals surface area (Å²) in [5.74, 6) is -1.15. The molecule has 2 aromatic rings. The summed E-state index contributed by atoms with van der Waals surface area (Å²) in [6.07, 6.45) is 0. The SMILES string of the molecule is Cc1cc(C)c(NC(=O)CNC(=O)[C@@H](NC(=O)c2ccccc2C)C(C)C)c(C)c1. The molecule has 0 saturated heterocycles. The van der Waals surface area contributed by atoms with Crippen molar-refractivity contribution in [2.75, 3.05) is 11.9 Å². The van der Waals surface area contributed by atoms with Crippen LogP contribution < -0.4 is 16.0 Å². The monoisotopic (exact) mass is 409 g/mol. The molecule has 0 aromatic heterocycles. The van der Waals surface area contributed by atoms with Gasteiger partial charge in [-0.3, -0.25) is 14.4 Å². The number of rotatable bonds is 7. The molecule has 3 N–H and O–H groups in total. The Morgan fingerprint density at radius 2 is 1.50 bits per heavy atom. The van der Waals surface area contributed by atoms with Crippen LogP contribution in [0.4, 0.5) is 5.69 Å². The minimum absolute atomic E-state index is 0.136. The van der Waals surface area contributed by atoms with Crippen LogP contribution in [0.15, 0.2) is 36.4 Å². The number of benzene rings is 2. The van der Waals surface area contributed by atoms with Gasteiger partial charge < -0.3 is 16.0 Å². The molecule has 6 nitrogen and oxygen atoms in total. The summed E-state index contributed by atoms with van der Waals surface area (Å²) in [6.45, 7) is 11.2. The maximum absolute atomic E-state index is 12.7. The number of carbonyl (C=O) groups excluding carboxylic acids is 3. The first-order chi connectivity index (χ1) is 14.1. The number of hydrogen-bond acceptors (Lipinski definition) is 3. The molecule has 6 heteroatoms. The number of anilines is 1. The molecule has 0 aliphatic rings. The van der Waals surface area contributed by atoms with E-state index < -0.39 is 6.04 Å². The summed E-state index contributed by atoms with van der Waals surface area (Å²) in [5.41, 5.74) is 5.18. The Morgan fingerprint density at radius 1 is 0.900 bits per heavy atom. The molecule has 30 heavy (non-hydrogen) atoms. The van der Waals surface area contributed by atoms with Crippen molar-refractivity contribution in [3.8, 4) is 0 Å². The molecule has 0 bridgehead atoms. The summed E-state index contributed by atoms with van der Waals surface area (Å²) in [4.78, 5) is 37.6. The van der Waals surface area contributed by atoms with Crippen LogP contribution in [0.1, 0.15) is 46.5 Å². The Kier molecular flexibility index (Phi) is 7.75. The van der Waals surface area contributed by atoms with E-state index in [-0.39, 0.29) is 30.2 Å². The van der Waals surface area contributed by atoms with Crippen molar-refractivity contribution in [2.45, 2.75) is 47.6 Å². The zero-order chi connectivity index (χ0) is 22.4. The molecule has 2 rings (SSSR count). The average Bonchev–Trinajstić information content (AvgIpc) is 2.66. The van der Waals surface area contributed by atoms with E-state index in [4.69, 9.17) is 0 Å². The van der Waals surface area contributed by atoms with E-state index in [0.717, 1.165) is 27.9 Å². The van der Waals surface area contributed by atoms with Gasteiger partial charge in [0.15, 0.2) is 0 Å². The van der Waals surface area contributed by atoms with Crippen LogP contribution in [0.2, 0.25) is 0 Å². The standard InChI is InChI=1S/C24H31N3O3/c1-14(2)21(27-23(29)19-10-8-7-9-16(19)4)24(30)25-13-20(28)26-22-17(5)11-15(3)12-18(22)6/h7-12,14,21H,13H2,1-6H3,(H,25,30)(H,26,28)(H,27,29)/t21-/m0/s1. The Morgan fingerprint density at radius 3 is 2.07 bits per heavy atom. The largest absolute Gasteiger partial charge is 0.345 e. The molecule has 1 atom stereocenters. The van der Waals surface area contributed by atoms with Gasteiger partial charge in [0.2, 0.25) is 11.8 Å². The van der Waals surface area contributed by atoms with Gasteiger partial charge in [0.1, 0.15) is 6.04 Å². The first-order valence-corrected chi connectivity index (χ1v) is 10.1. The first-order valence-electron chi connectivity index (χ1n) is 10.1. The molecule has 0 unspecified atom stereocenters. The predicted molar refractivity (Wildman–Crippen MR) is 120 cm³/mol. The smallest absolute Gasteiger partial charge is 0.252 e. The van der Waals surface area contributed by atoms with Crippen molar-refractivity contribution in [1.82, 2.24) is 10.6 Å². The second kappa shape index (κ2) is 10.1. The van der Waals surface area contributed by atoms with E-state index in [1.54, 1.807) is 12.1 Å². The van der Waals surface area contributed by atoms with E-state index in [1.165, 1.54) is 0 Å². The van der Waals surface area contributed by atoms with Crippen LogP contribution in [0.5, 0.6) is 0 Å². The minimum atomic E-state index is -0.743. The van der Waals surface area contributed by atoms with Gasteiger partial charge in [0, 0.05) is 11.3 Å². The lowest BCUT2D eigenvalue weighted by molar-refractivity contribution is -0.126. The van der Waals surface area contributed by atoms with Gasteiger partial charge >= 0.3 is 0 Å². The molecule has 0 spiro atoms. The second-order valence-corrected chi connectivity index (χ2v) is 8.05. The molecular formula is C24H31N3O3. The van der Waals surface area contributed by atoms with Crippen LogP contribution in [-0.4, -0.2) is 30.3 Å². The lowest BCUT2D eigenvalue weighted by atomic mass is 10.0. The van der Waals surface area contributed by atoms with Crippen LogP contribution in [0.3, 0.4) is 0 Å². The molecule has 160 valence electrons. The normalized spacial score (nSPS) is 11.7. The zero-order valence-electron chi connectivity index (χ0n) is 18.6. The summed E-state index contributed by atoms with van der Waals surface area (Å²) >= 11 is 0. The molecule has 3 amide bonds. The van der Waals surface area contributed by atoms with Crippen LogP contribution in [-0.2, 0) is 9.59 Å². The summed E-state index contributed by atoms with van der Waals surface area (Å²) in [6, 6.07) is 10.5.